The van der Waals surface area contributed by atoms with Crippen molar-refractivity contribution in [2.75, 3.05) is 13.1 Å². The molecule has 0 bridgehead atoms. The quantitative estimate of drug-likeness (QED) is 0.733. The van der Waals surface area contributed by atoms with E-state index in [1.165, 1.54) is 0 Å². The van der Waals surface area contributed by atoms with Gasteiger partial charge in [-0.3, -0.25) is 4.79 Å². The van der Waals surface area contributed by atoms with Crippen LogP contribution in [0.5, 0.6) is 5.75 Å². The molecule has 3 rings (SSSR count). The highest BCUT2D eigenvalue weighted by Gasteiger charge is 2.37. The molecule has 0 saturated carbocycles. The summed E-state index contributed by atoms with van der Waals surface area (Å²) < 4.78 is 5.59. The van der Waals surface area contributed by atoms with Crippen LogP contribution in [0.3, 0.4) is 0 Å². The van der Waals surface area contributed by atoms with Crippen LogP contribution in [-0.4, -0.2) is 41.2 Å². The van der Waals surface area contributed by atoms with Gasteiger partial charge in [-0.1, -0.05) is 18.2 Å². The van der Waals surface area contributed by atoms with Gasteiger partial charge in [0.05, 0.1) is 6.10 Å². The van der Waals surface area contributed by atoms with E-state index >= 15 is 0 Å². The first-order valence-electron chi connectivity index (χ1n) is 5.45. The van der Waals surface area contributed by atoms with Crippen molar-refractivity contribution >= 4 is 5.91 Å². The van der Waals surface area contributed by atoms with Gasteiger partial charge < -0.3 is 14.7 Å². The van der Waals surface area contributed by atoms with E-state index in [4.69, 9.17) is 9.84 Å². The van der Waals surface area contributed by atoms with E-state index < -0.39 is 6.10 Å². The Morgan fingerprint density at radius 1 is 1.38 bits per heavy atom. The standard InChI is InChI=1S/C12H13NO3/c14-9-6-13(7-9)12(15)11-5-8-3-1-2-4-10(8)16-11/h1-4,9,11,14H,5-7H2. The van der Waals surface area contributed by atoms with Crippen LogP contribution in [0.25, 0.3) is 0 Å². The third kappa shape index (κ3) is 1.46. The zero-order valence-electron chi connectivity index (χ0n) is 8.80. The summed E-state index contributed by atoms with van der Waals surface area (Å²) in [5, 5.41) is 9.15. The Morgan fingerprint density at radius 3 is 2.81 bits per heavy atom. The molecule has 1 aromatic rings. The number of aliphatic hydroxyl groups is 1. The molecule has 1 unspecified atom stereocenters. The second-order valence-electron chi connectivity index (χ2n) is 4.32. The molecule has 1 N–H and O–H groups in total. The number of carbonyl (C=O) groups excluding carboxylic acids is 1. The van der Waals surface area contributed by atoms with Gasteiger partial charge in [0.25, 0.3) is 5.91 Å². The molecule has 1 atom stereocenters. The lowest BCUT2D eigenvalue weighted by Gasteiger charge is -2.37. The lowest BCUT2D eigenvalue weighted by Crippen LogP contribution is -2.57. The summed E-state index contributed by atoms with van der Waals surface area (Å²) in [6.45, 7) is 0.879. The average molecular weight is 219 g/mol. The maximum atomic E-state index is 11.9. The van der Waals surface area contributed by atoms with Crippen molar-refractivity contribution in [3.05, 3.63) is 29.8 Å². The van der Waals surface area contributed by atoms with Crippen molar-refractivity contribution in [1.29, 1.82) is 0 Å². The Balaban J connectivity index is 1.69. The van der Waals surface area contributed by atoms with Gasteiger partial charge in [0.1, 0.15) is 5.75 Å². The van der Waals surface area contributed by atoms with Crippen molar-refractivity contribution in [3.63, 3.8) is 0 Å². The number of likely N-dealkylation sites (tertiary alicyclic amines) is 1. The zero-order chi connectivity index (χ0) is 11.1. The van der Waals surface area contributed by atoms with Crippen LogP contribution in [0.4, 0.5) is 0 Å². The number of hydrogen-bond acceptors (Lipinski definition) is 3. The van der Waals surface area contributed by atoms with Crippen molar-refractivity contribution in [1.82, 2.24) is 4.90 Å². The van der Waals surface area contributed by atoms with E-state index in [1.807, 2.05) is 24.3 Å². The highest BCUT2D eigenvalue weighted by molar-refractivity contribution is 5.83. The topological polar surface area (TPSA) is 49.8 Å². The number of carbonyl (C=O) groups is 1. The molecule has 1 fully saturated rings. The number of fused-ring (bicyclic) bond motifs is 1. The number of rotatable bonds is 1. The minimum Gasteiger partial charge on any atom is -0.480 e. The number of benzene rings is 1. The number of ether oxygens (including phenoxy) is 1. The molecule has 16 heavy (non-hydrogen) atoms. The second kappa shape index (κ2) is 3.49. The Morgan fingerprint density at radius 2 is 2.12 bits per heavy atom. The highest BCUT2D eigenvalue weighted by Crippen LogP contribution is 2.29. The highest BCUT2D eigenvalue weighted by atomic mass is 16.5. The van der Waals surface area contributed by atoms with Gasteiger partial charge in [-0.25, -0.2) is 0 Å². The fourth-order valence-corrected chi connectivity index (χ4v) is 2.16. The fourth-order valence-electron chi connectivity index (χ4n) is 2.16. The minimum atomic E-state index is -0.398. The van der Waals surface area contributed by atoms with E-state index in [-0.39, 0.29) is 12.0 Å². The third-order valence-corrected chi connectivity index (χ3v) is 3.10. The molecule has 4 heteroatoms. The maximum Gasteiger partial charge on any atom is 0.264 e. The molecular formula is C12H13NO3. The molecule has 2 aliphatic rings. The van der Waals surface area contributed by atoms with Crippen molar-refractivity contribution in [2.45, 2.75) is 18.6 Å². The van der Waals surface area contributed by atoms with E-state index in [9.17, 15) is 4.79 Å². The summed E-state index contributed by atoms with van der Waals surface area (Å²) in [5.41, 5.74) is 1.09. The SMILES string of the molecule is O=C(C1Cc2ccccc2O1)N1CC(O)C1. The van der Waals surface area contributed by atoms with E-state index in [0.29, 0.717) is 19.5 Å². The van der Waals surface area contributed by atoms with Gasteiger partial charge in [0, 0.05) is 19.5 Å². The van der Waals surface area contributed by atoms with Gasteiger partial charge in [-0.05, 0) is 11.6 Å². The molecule has 1 saturated heterocycles. The van der Waals surface area contributed by atoms with Gasteiger partial charge in [0.2, 0.25) is 0 Å². The number of amides is 1. The lowest BCUT2D eigenvalue weighted by atomic mass is 10.1. The number of nitrogens with zero attached hydrogens (tertiary/aromatic N) is 1. The second-order valence-corrected chi connectivity index (χ2v) is 4.32. The van der Waals surface area contributed by atoms with Crippen molar-refractivity contribution < 1.29 is 14.6 Å². The van der Waals surface area contributed by atoms with Crippen molar-refractivity contribution in [3.8, 4) is 5.75 Å². The number of β-amino-alcohol motifs (C(OH)–C–C–N with tert-alkyl or cyclic N) is 1. The molecule has 2 heterocycles. The summed E-state index contributed by atoms with van der Waals surface area (Å²) in [4.78, 5) is 13.6. The molecule has 2 aliphatic heterocycles. The van der Waals surface area contributed by atoms with Crippen molar-refractivity contribution in [2.24, 2.45) is 0 Å². The molecule has 0 spiro atoms. The molecule has 0 radical (unpaired) electrons. The fraction of sp³-hybridized carbons (Fsp3) is 0.417. The predicted octanol–water partition coefficient (Wildman–Crippen LogP) is 0.193. The lowest BCUT2D eigenvalue weighted by molar-refractivity contribution is -0.148. The van der Waals surface area contributed by atoms with Crippen LogP contribution in [0.2, 0.25) is 0 Å². The molecule has 0 aromatic heterocycles. The average Bonchev–Trinajstić information content (AvgIpc) is 2.67. The van der Waals surface area contributed by atoms with E-state index in [1.54, 1.807) is 4.90 Å². The number of aliphatic hydroxyl groups excluding tert-OH is 1. The minimum absolute atomic E-state index is 0.0125. The zero-order valence-corrected chi connectivity index (χ0v) is 8.80. The number of para-hydroxylation sites is 1. The molecule has 1 aromatic carbocycles. The van der Waals surface area contributed by atoms with Crippen LogP contribution >= 0.6 is 0 Å². The first-order valence-corrected chi connectivity index (χ1v) is 5.45. The van der Waals surface area contributed by atoms with E-state index in [0.717, 1.165) is 11.3 Å². The van der Waals surface area contributed by atoms with Crippen LogP contribution in [0.15, 0.2) is 24.3 Å². The van der Waals surface area contributed by atoms with Crippen LogP contribution < -0.4 is 4.74 Å². The first-order chi connectivity index (χ1) is 7.74. The largest absolute Gasteiger partial charge is 0.480 e. The Bertz CT molecular complexity index is 401. The first kappa shape index (κ1) is 9.66. The summed E-state index contributed by atoms with van der Waals surface area (Å²) in [6.07, 6.45) is -0.112. The van der Waals surface area contributed by atoms with Gasteiger partial charge in [0.15, 0.2) is 6.10 Å². The van der Waals surface area contributed by atoms with Crippen LogP contribution in [0, 0.1) is 0 Å². The molecule has 84 valence electrons. The predicted molar refractivity (Wildman–Crippen MR) is 57.1 cm³/mol. The molecular weight excluding hydrogens is 206 g/mol. The van der Waals surface area contributed by atoms with E-state index in [2.05, 4.69) is 0 Å². The third-order valence-electron chi connectivity index (χ3n) is 3.10. The molecule has 0 aliphatic carbocycles. The van der Waals surface area contributed by atoms with Gasteiger partial charge >= 0.3 is 0 Å². The Labute approximate surface area is 93.4 Å². The molecule has 4 nitrogen and oxygen atoms in total. The summed E-state index contributed by atoms with van der Waals surface area (Å²) in [7, 11) is 0. The summed E-state index contributed by atoms with van der Waals surface area (Å²) in [5.74, 6) is 0.795. The normalized spacial score (nSPS) is 23.6. The Kier molecular flexibility index (Phi) is 2.11. The Hall–Kier alpha value is -1.55. The monoisotopic (exact) mass is 219 g/mol. The summed E-state index contributed by atoms with van der Waals surface area (Å²) >= 11 is 0. The molecule has 1 amide bonds. The summed E-state index contributed by atoms with van der Waals surface area (Å²) in [6, 6.07) is 7.71. The van der Waals surface area contributed by atoms with Gasteiger partial charge in [-0.2, -0.15) is 0 Å². The van der Waals surface area contributed by atoms with Crippen LogP contribution in [-0.2, 0) is 11.2 Å². The maximum absolute atomic E-state index is 11.9. The smallest absolute Gasteiger partial charge is 0.264 e. The van der Waals surface area contributed by atoms with Gasteiger partial charge in [-0.15, -0.1) is 0 Å². The number of hydrogen-bond donors (Lipinski definition) is 1. The van der Waals surface area contributed by atoms with Crippen LogP contribution in [0.1, 0.15) is 5.56 Å².